The van der Waals surface area contributed by atoms with E-state index in [1.807, 2.05) is 13.8 Å². The third kappa shape index (κ3) is 2.92. The van der Waals surface area contributed by atoms with E-state index < -0.39 is 12.0 Å². The van der Waals surface area contributed by atoms with Gasteiger partial charge in [-0.05, 0) is 37.5 Å². The van der Waals surface area contributed by atoms with Crippen LogP contribution in [0.3, 0.4) is 0 Å². The molecule has 0 saturated carbocycles. The van der Waals surface area contributed by atoms with Crippen molar-refractivity contribution in [1.29, 1.82) is 0 Å². The van der Waals surface area contributed by atoms with Gasteiger partial charge >= 0.3 is 5.97 Å². The predicted molar refractivity (Wildman–Crippen MR) is 67.9 cm³/mol. The number of phenols is 1. The van der Waals surface area contributed by atoms with Gasteiger partial charge in [-0.25, -0.2) is 0 Å². The van der Waals surface area contributed by atoms with Crippen molar-refractivity contribution in [2.75, 3.05) is 7.11 Å². The summed E-state index contributed by atoms with van der Waals surface area (Å²) in [6.45, 7) is 3.75. The summed E-state index contributed by atoms with van der Waals surface area (Å²) >= 11 is 0. The second-order valence-corrected chi connectivity index (χ2v) is 4.32. The van der Waals surface area contributed by atoms with E-state index >= 15 is 0 Å². The first-order valence-corrected chi connectivity index (χ1v) is 5.72. The highest BCUT2D eigenvalue weighted by Gasteiger charge is 2.20. The Bertz CT molecular complexity index is 457. The van der Waals surface area contributed by atoms with Gasteiger partial charge in [0, 0.05) is 18.0 Å². The van der Waals surface area contributed by atoms with Crippen molar-refractivity contribution in [3.05, 3.63) is 22.8 Å². The molecule has 4 N–H and O–H groups in total. The van der Waals surface area contributed by atoms with E-state index in [0.717, 1.165) is 11.1 Å². The first-order valence-electron chi connectivity index (χ1n) is 5.72. The Labute approximate surface area is 106 Å². The van der Waals surface area contributed by atoms with Crippen LogP contribution in [0.1, 0.15) is 35.6 Å². The molecule has 1 unspecified atom stereocenters. The van der Waals surface area contributed by atoms with Gasteiger partial charge in [-0.2, -0.15) is 0 Å². The van der Waals surface area contributed by atoms with Gasteiger partial charge in [-0.15, -0.1) is 0 Å². The highest BCUT2D eigenvalue weighted by molar-refractivity contribution is 5.67. The SMILES string of the molecule is COc1cc(C)c(C)c(C(N)CCC(=O)O)c1O. The van der Waals surface area contributed by atoms with Gasteiger partial charge in [0.15, 0.2) is 11.5 Å². The number of carbonyl (C=O) groups is 1. The second kappa shape index (κ2) is 5.73. The third-order valence-corrected chi connectivity index (χ3v) is 3.09. The third-order valence-electron chi connectivity index (χ3n) is 3.09. The molecule has 0 bridgehead atoms. The monoisotopic (exact) mass is 253 g/mol. The van der Waals surface area contributed by atoms with Crippen molar-refractivity contribution in [2.24, 2.45) is 5.73 Å². The van der Waals surface area contributed by atoms with E-state index in [4.69, 9.17) is 15.6 Å². The van der Waals surface area contributed by atoms with Crippen molar-refractivity contribution in [1.82, 2.24) is 0 Å². The van der Waals surface area contributed by atoms with Crippen LogP contribution in [0, 0.1) is 13.8 Å². The minimum atomic E-state index is -0.901. The van der Waals surface area contributed by atoms with Gasteiger partial charge < -0.3 is 20.7 Å². The average molecular weight is 253 g/mol. The lowest BCUT2D eigenvalue weighted by molar-refractivity contribution is -0.137. The fraction of sp³-hybridized carbons (Fsp3) is 0.462. The van der Waals surface area contributed by atoms with E-state index in [9.17, 15) is 9.90 Å². The van der Waals surface area contributed by atoms with E-state index in [1.165, 1.54) is 7.11 Å². The van der Waals surface area contributed by atoms with Crippen molar-refractivity contribution in [2.45, 2.75) is 32.7 Å². The standard InChI is InChI=1S/C13H19NO4/c1-7-6-10(18-3)13(17)12(8(7)2)9(14)4-5-11(15)16/h6,9,17H,4-5,14H2,1-3H3,(H,15,16). The smallest absolute Gasteiger partial charge is 0.303 e. The lowest BCUT2D eigenvalue weighted by Crippen LogP contribution is -2.14. The number of carboxylic acids is 1. The molecule has 0 amide bonds. The number of benzene rings is 1. The minimum absolute atomic E-state index is 0.00140. The topological polar surface area (TPSA) is 92.8 Å². The molecule has 0 spiro atoms. The minimum Gasteiger partial charge on any atom is -0.504 e. The molecule has 1 aromatic carbocycles. The number of nitrogens with two attached hydrogens (primary N) is 1. The molecule has 1 aromatic rings. The maximum absolute atomic E-state index is 10.6. The highest BCUT2D eigenvalue weighted by Crippen LogP contribution is 2.38. The number of aromatic hydroxyl groups is 1. The molecule has 0 aliphatic rings. The van der Waals surface area contributed by atoms with Gasteiger partial charge in [-0.3, -0.25) is 4.79 Å². The number of phenolic OH excluding ortho intramolecular Hbond substituents is 1. The summed E-state index contributed by atoms with van der Waals surface area (Å²) in [5, 5.41) is 18.7. The average Bonchev–Trinajstić information content (AvgIpc) is 2.31. The number of hydrogen-bond acceptors (Lipinski definition) is 4. The molecule has 18 heavy (non-hydrogen) atoms. The Kier molecular flexibility index (Phi) is 4.55. The summed E-state index contributed by atoms with van der Waals surface area (Å²) < 4.78 is 5.08. The van der Waals surface area contributed by atoms with Crippen LogP contribution in [0.15, 0.2) is 6.07 Å². The maximum Gasteiger partial charge on any atom is 0.303 e. The van der Waals surface area contributed by atoms with Crippen LogP contribution in [-0.2, 0) is 4.79 Å². The number of carboxylic acid groups (broad SMARTS) is 1. The predicted octanol–water partition coefficient (Wildman–Crippen LogP) is 1.88. The van der Waals surface area contributed by atoms with Gasteiger partial charge in [0.2, 0.25) is 0 Å². The van der Waals surface area contributed by atoms with Gasteiger partial charge in [0.25, 0.3) is 0 Å². The molecule has 0 radical (unpaired) electrons. The molecule has 1 atom stereocenters. The molecule has 100 valence electrons. The zero-order chi connectivity index (χ0) is 13.9. The largest absolute Gasteiger partial charge is 0.504 e. The van der Waals surface area contributed by atoms with Gasteiger partial charge in [0.05, 0.1) is 7.11 Å². The zero-order valence-electron chi connectivity index (χ0n) is 10.9. The van der Waals surface area contributed by atoms with Crippen LogP contribution in [0.5, 0.6) is 11.5 Å². The van der Waals surface area contributed by atoms with Crippen LogP contribution >= 0.6 is 0 Å². The molecular weight excluding hydrogens is 234 g/mol. The van der Waals surface area contributed by atoms with Crippen LogP contribution in [0.4, 0.5) is 0 Å². The molecule has 0 aliphatic heterocycles. The molecule has 0 aliphatic carbocycles. The first kappa shape index (κ1) is 14.3. The van der Waals surface area contributed by atoms with E-state index in [2.05, 4.69) is 0 Å². The van der Waals surface area contributed by atoms with Gasteiger partial charge in [-0.1, -0.05) is 0 Å². The Balaban J connectivity index is 3.13. The fourth-order valence-corrected chi connectivity index (χ4v) is 1.93. The van der Waals surface area contributed by atoms with E-state index in [0.29, 0.717) is 11.3 Å². The number of aryl methyl sites for hydroxylation is 1. The number of methoxy groups -OCH3 is 1. The molecular formula is C13H19NO4. The fourth-order valence-electron chi connectivity index (χ4n) is 1.93. The van der Waals surface area contributed by atoms with E-state index in [1.54, 1.807) is 6.07 Å². The van der Waals surface area contributed by atoms with Crippen molar-refractivity contribution >= 4 is 5.97 Å². The summed E-state index contributed by atoms with van der Waals surface area (Å²) in [5.41, 5.74) is 8.34. The molecule has 5 heteroatoms. The Hall–Kier alpha value is -1.75. The lowest BCUT2D eigenvalue weighted by Gasteiger charge is -2.19. The summed E-state index contributed by atoms with van der Waals surface area (Å²) in [4.78, 5) is 10.6. The second-order valence-electron chi connectivity index (χ2n) is 4.32. The molecule has 5 nitrogen and oxygen atoms in total. The Morgan fingerprint density at radius 3 is 2.61 bits per heavy atom. The lowest BCUT2D eigenvalue weighted by atomic mass is 9.93. The normalized spacial score (nSPS) is 12.2. The number of ether oxygens (including phenoxy) is 1. The van der Waals surface area contributed by atoms with Crippen LogP contribution in [-0.4, -0.2) is 23.3 Å². The van der Waals surface area contributed by atoms with Gasteiger partial charge in [0.1, 0.15) is 0 Å². The first-order chi connectivity index (χ1) is 8.38. The quantitative estimate of drug-likeness (QED) is 0.745. The van der Waals surface area contributed by atoms with Crippen molar-refractivity contribution < 1.29 is 19.7 Å². The maximum atomic E-state index is 10.6. The van der Waals surface area contributed by atoms with Crippen LogP contribution in [0.2, 0.25) is 0 Å². The summed E-state index contributed by atoms with van der Waals surface area (Å²) in [5.74, 6) is -0.542. The Morgan fingerprint density at radius 1 is 1.50 bits per heavy atom. The van der Waals surface area contributed by atoms with E-state index in [-0.39, 0.29) is 18.6 Å². The number of aliphatic carboxylic acids is 1. The molecule has 0 aromatic heterocycles. The summed E-state index contributed by atoms with van der Waals surface area (Å²) in [6, 6.07) is 1.22. The molecule has 1 rings (SSSR count). The number of rotatable bonds is 5. The number of hydrogen-bond donors (Lipinski definition) is 3. The zero-order valence-corrected chi connectivity index (χ0v) is 10.9. The summed E-state index contributed by atoms with van der Waals surface area (Å²) in [6.07, 6.45) is 0.243. The molecule has 0 fully saturated rings. The van der Waals surface area contributed by atoms with Crippen molar-refractivity contribution in [3.8, 4) is 11.5 Å². The van der Waals surface area contributed by atoms with Crippen molar-refractivity contribution in [3.63, 3.8) is 0 Å². The van der Waals surface area contributed by atoms with Crippen LogP contribution in [0.25, 0.3) is 0 Å². The highest BCUT2D eigenvalue weighted by atomic mass is 16.5. The molecule has 0 heterocycles. The molecule has 0 saturated heterocycles. The summed E-state index contributed by atoms with van der Waals surface area (Å²) in [7, 11) is 1.47. The Morgan fingerprint density at radius 2 is 2.11 bits per heavy atom. The van der Waals surface area contributed by atoms with Crippen LogP contribution < -0.4 is 10.5 Å².